The van der Waals surface area contributed by atoms with Crippen LogP contribution in [0.5, 0.6) is 0 Å². The molecule has 0 spiro atoms. The van der Waals surface area contributed by atoms with E-state index in [0.29, 0.717) is 0 Å². The number of aliphatic carboxylic acids is 3. The lowest BCUT2D eigenvalue weighted by atomic mass is 9.99. The number of carboxylic acids is 3. The van der Waals surface area contributed by atoms with E-state index in [2.05, 4.69) is 37.2 Å². The smallest absolute Gasteiger partial charge is 0.326 e. The molecule has 0 saturated heterocycles. The summed E-state index contributed by atoms with van der Waals surface area (Å²) in [6, 6.07) is -10.3. The quantitative estimate of drug-likeness (QED) is 0.0202. The number of hydrogen-bond donors (Lipinski definition) is 14. The van der Waals surface area contributed by atoms with E-state index in [4.69, 9.17) is 27.7 Å². The van der Waals surface area contributed by atoms with Crippen LogP contribution in [0, 0.1) is 17.2 Å². The van der Waals surface area contributed by atoms with Gasteiger partial charge in [-0.3, -0.25) is 48.6 Å². The minimum atomic E-state index is -1.67. The molecular weight excluding hydrogens is 770 g/mol. The second-order valence-corrected chi connectivity index (χ2v) is 14.4. The summed E-state index contributed by atoms with van der Waals surface area (Å²) in [4.78, 5) is 125. The predicted octanol–water partition coefficient (Wildman–Crippen LogP) is -4.10. The minimum absolute atomic E-state index is 0.0174. The van der Waals surface area contributed by atoms with Crippen LogP contribution < -0.4 is 54.4 Å². The van der Waals surface area contributed by atoms with Crippen LogP contribution in [0.1, 0.15) is 86.0 Å². The van der Waals surface area contributed by atoms with Crippen molar-refractivity contribution in [2.45, 2.75) is 128 Å². The molecule has 24 nitrogen and oxygen atoms in total. The van der Waals surface area contributed by atoms with Gasteiger partial charge in [-0.1, -0.05) is 27.7 Å². The molecule has 24 heteroatoms. The monoisotopic (exact) mass is 829 g/mol. The van der Waals surface area contributed by atoms with Crippen molar-refractivity contribution in [3.63, 3.8) is 0 Å². The molecule has 0 aromatic carbocycles. The van der Waals surface area contributed by atoms with Gasteiger partial charge in [-0.05, 0) is 50.9 Å². The lowest BCUT2D eigenvalue weighted by Gasteiger charge is -2.28. The molecular formula is C34H59N11O13. The van der Waals surface area contributed by atoms with Crippen molar-refractivity contribution in [1.82, 2.24) is 37.2 Å². The standard InChI is InChI=1S/C34H59N11O13/c1-15(2)11-21(43-29(53)19(8-9-25(47)48)41-28(52)18(35)13-26(49)50)31(55)44-22(12-16(3)4)32(56)45-23(14-24(36)46)30(54)40-17(5)27(51)42-20(33(57)58)7-6-10-39-34(37)38/h15-23H,6-14,35H2,1-5H3,(H2,36,46)(H,40,54)(H,41,52)(H,42,51)(H,43,53)(H,44,55)(H,45,56)(H,47,48)(H,49,50)(H,57,58)(H4,37,38,39)/t17-,18-,19-,20-,21-,22-,23-/m0/s1. The largest absolute Gasteiger partial charge is 0.481 e. The fraction of sp³-hybridized carbons (Fsp3) is 0.676. The van der Waals surface area contributed by atoms with Gasteiger partial charge in [-0.15, -0.1) is 0 Å². The molecule has 0 unspecified atom stereocenters. The fourth-order valence-corrected chi connectivity index (χ4v) is 5.19. The average Bonchev–Trinajstić information content (AvgIpc) is 3.08. The molecule has 0 fully saturated rings. The molecule has 0 saturated carbocycles. The molecule has 0 bridgehead atoms. The SMILES string of the molecule is CC(C)C[C@H](NC(=O)[C@H](CC(C)C)NC(=O)[C@H](CCC(=O)O)NC(=O)[C@@H](N)CC(=O)O)C(=O)N[C@@H](CC(N)=O)C(=O)N[C@@H](C)C(=O)N[C@@H](CCCNC(=N)N)C(=O)O. The van der Waals surface area contributed by atoms with Crippen molar-refractivity contribution in [1.29, 1.82) is 5.41 Å². The Morgan fingerprint density at radius 1 is 0.552 bits per heavy atom. The summed E-state index contributed by atoms with van der Waals surface area (Å²) in [5, 5.41) is 51.4. The first-order valence-electron chi connectivity index (χ1n) is 18.4. The number of carbonyl (C=O) groups is 10. The number of nitrogens with two attached hydrogens (primary N) is 3. The Kier molecular flexibility index (Phi) is 23.2. The van der Waals surface area contributed by atoms with E-state index in [1.807, 2.05) is 0 Å². The Balaban J connectivity index is 6.12. The Labute approximate surface area is 334 Å². The molecule has 7 amide bonds. The van der Waals surface area contributed by atoms with Gasteiger partial charge in [0, 0.05) is 13.0 Å². The summed E-state index contributed by atoms with van der Waals surface area (Å²) in [7, 11) is 0. The second-order valence-electron chi connectivity index (χ2n) is 14.4. The van der Waals surface area contributed by atoms with Crippen molar-refractivity contribution < 1.29 is 63.3 Å². The zero-order chi connectivity index (χ0) is 44.9. The van der Waals surface area contributed by atoms with E-state index in [1.165, 1.54) is 6.92 Å². The van der Waals surface area contributed by atoms with Gasteiger partial charge in [0.15, 0.2) is 5.96 Å². The van der Waals surface area contributed by atoms with Gasteiger partial charge >= 0.3 is 17.9 Å². The van der Waals surface area contributed by atoms with Crippen LogP contribution in [0.2, 0.25) is 0 Å². The number of hydrogen-bond acceptors (Lipinski definition) is 12. The number of guanidine groups is 1. The Hall–Kier alpha value is -6.07. The highest BCUT2D eigenvalue weighted by Gasteiger charge is 2.34. The van der Waals surface area contributed by atoms with Crippen molar-refractivity contribution in [2.75, 3.05) is 6.54 Å². The molecule has 17 N–H and O–H groups in total. The van der Waals surface area contributed by atoms with Gasteiger partial charge in [-0.2, -0.15) is 0 Å². The summed E-state index contributed by atoms with van der Waals surface area (Å²) in [6.07, 6.45) is -2.48. The maximum atomic E-state index is 13.7. The third-order valence-electron chi connectivity index (χ3n) is 8.08. The number of carbonyl (C=O) groups excluding carboxylic acids is 7. The highest BCUT2D eigenvalue weighted by molar-refractivity contribution is 5.98. The summed E-state index contributed by atoms with van der Waals surface area (Å²) < 4.78 is 0. The molecule has 0 aliphatic heterocycles. The van der Waals surface area contributed by atoms with Gasteiger partial charge < -0.3 is 69.7 Å². The normalized spacial score (nSPS) is 14.6. The van der Waals surface area contributed by atoms with Crippen LogP contribution in [0.3, 0.4) is 0 Å². The third-order valence-corrected chi connectivity index (χ3v) is 8.08. The summed E-state index contributed by atoms with van der Waals surface area (Å²) in [5.74, 6) is -11.8. The molecule has 328 valence electrons. The molecule has 0 radical (unpaired) electrons. The molecule has 0 rings (SSSR count). The van der Waals surface area contributed by atoms with Crippen molar-refractivity contribution in [2.24, 2.45) is 29.0 Å². The van der Waals surface area contributed by atoms with Crippen molar-refractivity contribution in [3.05, 3.63) is 0 Å². The Morgan fingerprint density at radius 3 is 1.43 bits per heavy atom. The fourth-order valence-electron chi connectivity index (χ4n) is 5.19. The van der Waals surface area contributed by atoms with Crippen molar-refractivity contribution in [3.8, 4) is 0 Å². The van der Waals surface area contributed by atoms with Crippen LogP contribution in [0.4, 0.5) is 0 Å². The number of carboxylic acid groups (broad SMARTS) is 3. The van der Waals surface area contributed by atoms with Gasteiger partial charge in [0.2, 0.25) is 41.4 Å². The Bertz CT molecular complexity index is 1510. The van der Waals surface area contributed by atoms with Gasteiger partial charge in [0.1, 0.15) is 36.3 Å². The summed E-state index contributed by atoms with van der Waals surface area (Å²) in [6.45, 7) is 8.22. The van der Waals surface area contributed by atoms with E-state index in [9.17, 15) is 58.2 Å². The number of amides is 7. The molecule has 0 heterocycles. The van der Waals surface area contributed by atoms with E-state index < -0.39 is 127 Å². The Morgan fingerprint density at radius 2 is 1.00 bits per heavy atom. The van der Waals surface area contributed by atoms with Crippen LogP contribution in [0.15, 0.2) is 0 Å². The maximum Gasteiger partial charge on any atom is 0.326 e. The molecule has 0 aliphatic rings. The van der Waals surface area contributed by atoms with Crippen LogP contribution in [0.25, 0.3) is 0 Å². The maximum absolute atomic E-state index is 13.7. The van der Waals surface area contributed by atoms with Crippen LogP contribution in [-0.2, 0) is 47.9 Å². The molecule has 7 atom stereocenters. The molecule has 58 heavy (non-hydrogen) atoms. The van der Waals surface area contributed by atoms with E-state index in [0.717, 1.165) is 0 Å². The zero-order valence-corrected chi connectivity index (χ0v) is 33.2. The zero-order valence-electron chi connectivity index (χ0n) is 33.2. The van der Waals surface area contributed by atoms with Crippen molar-refractivity contribution >= 4 is 65.2 Å². The van der Waals surface area contributed by atoms with E-state index in [-0.39, 0.29) is 50.0 Å². The molecule has 0 aromatic heterocycles. The first-order chi connectivity index (χ1) is 26.8. The third kappa shape index (κ3) is 21.9. The second kappa shape index (κ2) is 26.0. The summed E-state index contributed by atoms with van der Waals surface area (Å²) >= 11 is 0. The van der Waals surface area contributed by atoms with E-state index in [1.54, 1.807) is 27.7 Å². The average molecular weight is 830 g/mol. The first kappa shape index (κ1) is 51.9. The van der Waals surface area contributed by atoms with E-state index >= 15 is 0 Å². The highest BCUT2D eigenvalue weighted by Crippen LogP contribution is 2.11. The summed E-state index contributed by atoms with van der Waals surface area (Å²) in [5.41, 5.74) is 16.1. The number of nitrogens with one attached hydrogen (secondary N) is 8. The number of rotatable bonds is 28. The minimum Gasteiger partial charge on any atom is -0.481 e. The topological polar surface area (TPSA) is 418 Å². The van der Waals surface area contributed by atoms with Crippen LogP contribution >= 0.6 is 0 Å². The van der Waals surface area contributed by atoms with Gasteiger partial charge in [0.05, 0.1) is 18.9 Å². The van der Waals surface area contributed by atoms with Crippen LogP contribution in [-0.4, -0.2) is 129 Å². The predicted molar refractivity (Wildman–Crippen MR) is 204 cm³/mol. The molecule has 0 aromatic rings. The first-order valence-corrected chi connectivity index (χ1v) is 18.4. The number of primary amides is 1. The highest BCUT2D eigenvalue weighted by atomic mass is 16.4. The van der Waals surface area contributed by atoms with Gasteiger partial charge in [-0.25, -0.2) is 4.79 Å². The lowest BCUT2D eigenvalue weighted by Crippen LogP contribution is -2.60. The molecule has 0 aliphatic carbocycles. The van der Waals surface area contributed by atoms with Gasteiger partial charge in [0.25, 0.3) is 0 Å². The lowest BCUT2D eigenvalue weighted by molar-refractivity contribution is -0.142.